The van der Waals surface area contributed by atoms with Crippen molar-refractivity contribution in [2.24, 2.45) is 5.73 Å². The maximum atomic E-state index is 11.2. The van der Waals surface area contributed by atoms with E-state index in [0.717, 1.165) is 0 Å². The maximum absolute atomic E-state index is 11.2. The Morgan fingerprint density at radius 1 is 0.789 bits per heavy atom. The first-order valence-electron chi connectivity index (χ1n) is 5.42. The van der Waals surface area contributed by atoms with Crippen LogP contribution in [0.1, 0.15) is 0 Å². The quantitative estimate of drug-likeness (QED) is 0.270. The van der Waals surface area contributed by atoms with Crippen LogP contribution in [0.2, 0.25) is 0 Å². The predicted octanol–water partition coefficient (Wildman–Crippen LogP) is -3.44. The molecule has 0 saturated carbocycles. The molecule has 0 bridgehead atoms. The van der Waals surface area contributed by atoms with Crippen LogP contribution in [0.15, 0.2) is 0 Å². The number of carboxylic acid groups (broad SMARTS) is 1. The smallest absolute Gasteiger partial charge is 0.405 e. The van der Waals surface area contributed by atoms with Crippen molar-refractivity contribution in [3.05, 3.63) is 0 Å². The summed E-state index contributed by atoms with van der Waals surface area (Å²) in [7, 11) is 0. The summed E-state index contributed by atoms with van der Waals surface area (Å²) in [5, 5.41) is 17.0. The third kappa shape index (κ3) is 10.5. The van der Waals surface area contributed by atoms with Crippen LogP contribution in [0.25, 0.3) is 0 Å². The van der Waals surface area contributed by atoms with Gasteiger partial charge in [0.15, 0.2) is 0 Å². The fourth-order valence-corrected chi connectivity index (χ4v) is 0.913. The second-order valence-electron chi connectivity index (χ2n) is 3.35. The van der Waals surface area contributed by atoms with Crippen LogP contribution in [0.5, 0.6) is 0 Å². The number of amides is 4. The highest BCUT2D eigenvalue weighted by atomic mass is 16.4. The fourth-order valence-electron chi connectivity index (χ4n) is 0.913. The first-order valence-corrected chi connectivity index (χ1v) is 5.42. The van der Waals surface area contributed by atoms with Gasteiger partial charge in [0.2, 0.25) is 17.7 Å². The highest BCUT2D eigenvalue weighted by Gasteiger charge is 2.07. The van der Waals surface area contributed by atoms with Gasteiger partial charge in [-0.1, -0.05) is 0 Å². The third-order valence-electron chi connectivity index (χ3n) is 1.76. The van der Waals surface area contributed by atoms with Crippen molar-refractivity contribution in [1.29, 1.82) is 0 Å². The van der Waals surface area contributed by atoms with Crippen molar-refractivity contribution in [2.45, 2.75) is 0 Å². The molecule has 0 rings (SSSR count). The molecule has 0 aliphatic heterocycles. The molecule has 19 heavy (non-hydrogen) atoms. The van der Waals surface area contributed by atoms with Crippen molar-refractivity contribution in [3.63, 3.8) is 0 Å². The number of carbonyl (C=O) groups excluding carboxylic acids is 3. The first-order chi connectivity index (χ1) is 8.95. The van der Waals surface area contributed by atoms with E-state index in [9.17, 15) is 19.2 Å². The topological polar surface area (TPSA) is 163 Å². The van der Waals surface area contributed by atoms with Crippen LogP contribution in [0.3, 0.4) is 0 Å². The summed E-state index contributed by atoms with van der Waals surface area (Å²) in [4.78, 5) is 43.4. The summed E-state index contributed by atoms with van der Waals surface area (Å²) in [5.41, 5.74) is 5.17. The molecule has 0 saturated heterocycles. The molecule has 0 aromatic rings. The highest BCUT2D eigenvalue weighted by Crippen LogP contribution is 1.70. The molecular weight excluding hydrogens is 258 g/mol. The van der Waals surface area contributed by atoms with Gasteiger partial charge in [0, 0.05) is 13.1 Å². The minimum Gasteiger partial charge on any atom is -0.465 e. The third-order valence-corrected chi connectivity index (χ3v) is 1.76. The van der Waals surface area contributed by atoms with Gasteiger partial charge in [0.25, 0.3) is 0 Å². The molecule has 0 atom stereocenters. The molecular formula is C9H17N5O5. The summed E-state index contributed by atoms with van der Waals surface area (Å²) in [6, 6.07) is 0. The lowest BCUT2D eigenvalue weighted by Crippen LogP contribution is -2.44. The molecule has 0 aromatic heterocycles. The van der Waals surface area contributed by atoms with E-state index in [2.05, 4.69) is 16.0 Å². The number of hydrogen-bond donors (Lipinski definition) is 6. The van der Waals surface area contributed by atoms with Gasteiger partial charge in [-0.05, 0) is 0 Å². The summed E-state index contributed by atoms with van der Waals surface area (Å²) >= 11 is 0. The molecule has 0 spiro atoms. The standard InChI is InChI=1S/C9H17N5O5/c10-1-2-11-6(15)3-12-7(16)4-13-8(17)5-14-9(18)19/h14H,1-5,10H2,(H,11,15)(H,12,16)(H,13,17)(H,18,19). The SMILES string of the molecule is NCCNC(=O)CNC(=O)CNC(=O)CNC(=O)O. The van der Waals surface area contributed by atoms with Gasteiger partial charge in [-0.2, -0.15) is 0 Å². The van der Waals surface area contributed by atoms with Gasteiger partial charge in [-0.15, -0.1) is 0 Å². The molecule has 0 aliphatic carbocycles. The van der Waals surface area contributed by atoms with E-state index in [4.69, 9.17) is 10.8 Å². The van der Waals surface area contributed by atoms with E-state index in [1.54, 1.807) is 0 Å². The predicted molar refractivity (Wildman–Crippen MR) is 64.1 cm³/mol. The molecule has 0 radical (unpaired) electrons. The normalized spacial score (nSPS) is 9.32. The Morgan fingerprint density at radius 2 is 1.21 bits per heavy atom. The van der Waals surface area contributed by atoms with Crippen molar-refractivity contribution in [3.8, 4) is 0 Å². The Balaban J connectivity index is 3.66. The van der Waals surface area contributed by atoms with Gasteiger partial charge in [-0.3, -0.25) is 14.4 Å². The Hall–Kier alpha value is -2.36. The summed E-state index contributed by atoms with van der Waals surface area (Å²) in [5.74, 6) is -1.60. The molecule has 108 valence electrons. The molecule has 0 heterocycles. The molecule has 0 aliphatic rings. The lowest BCUT2D eigenvalue weighted by molar-refractivity contribution is -0.127. The van der Waals surface area contributed by atoms with E-state index in [-0.39, 0.29) is 13.1 Å². The van der Waals surface area contributed by atoms with Gasteiger partial charge in [-0.25, -0.2) is 4.79 Å². The zero-order chi connectivity index (χ0) is 14.7. The summed E-state index contributed by atoms with van der Waals surface area (Å²) < 4.78 is 0. The van der Waals surface area contributed by atoms with Crippen LogP contribution >= 0.6 is 0 Å². The monoisotopic (exact) mass is 275 g/mol. The zero-order valence-electron chi connectivity index (χ0n) is 10.2. The molecule has 0 unspecified atom stereocenters. The van der Waals surface area contributed by atoms with Crippen LogP contribution < -0.4 is 27.0 Å². The second-order valence-corrected chi connectivity index (χ2v) is 3.35. The van der Waals surface area contributed by atoms with Crippen molar-refractivity contribution >= 4 is 23.8 Å². The summed E-state index contributed by atoms with van der Waals surface area (Å²) in [6.07, 6.45) is -1.34. The van der Waals surface area contributed by atoms with Gasteiger partial charge < -0.3 is 32.1 Å². The zero-order valence-corrected chi connectivity index (χ0v) is 10.2. The molecule has 4 amide bonds. The van der Waals surface area contributed by atoms with Crippen LogP contribution in [0, 0.1) is 0 Å². The van der Waals surface area contributed by atoms with Gasteiger partial charge in [0.1, 0.15) is 0 Å². The highest BCUT2D eigenvalue weighted by molar-refractivity contribution is 5.89. The van der Waals surface area contributed by atoms with Crippen LogP contribution in [0.4, 0.5) is 4.79 Å². The largest absolute Gasteiger partial charge is 0.465 e. The Bertz CT molecular complexity index is 346. The van der Waals surface area contributed by atoms with Crippen LogP contribution in [-0.2, 0) is 14.4 Å². The minimum atomic E-state index is -1.34. The first kappa shape index (κ1) is 16.6. The molecule has 0 fully saturated rings. The van der Waals surface area contributed by atoms with Gasteiger partial charge >= 0.3 is 6.09 Å². The van der Waals surface area contributed by atoms with Crippen molar-refractivity contribution < 1.29 is 24.3 Å². The Kier molecular flexibility index (Phi) is 8.45. The molecule has 0 aromatic carbocycles. The molecule has 10 heteroatoms. The minimum absolute atomic E-state index is 0.220. The number of hydrogen-bond acceptors (Lipinski definition) is 5. The lowest BCUT2D eigenvalue weighted by Gasteiger charge is -2.07. The maximum Gasteiger partial charge on any atom is 0.405 e. The lowest BCUT2D eigenvalue weighted by atomic mass is 10.4. The molecule has 7 N–H and O–H groups in total. The summed E-state index contributed by atoms with van der Waals surface area (Å²) in [6.45, 7) is -0.398. The number of rotatable bonds is 8. The number of carbonyl (C=O) groups is 4. The number of nitrogens with two attached hydrogens (primary N) is 1. The fraction of sp³-hybridized carbons (Fsp3) is 0.556. The van der Waals surface area contributed by atoms with Crippen molar-refractivity contribution in [1.82, 2.24) is 21.3 Å². The molecule has 10 nitrogen and oxygen atoms in total. The Labute approximate surface area is 109 Å². The number of nitrogens with one attached hydrogen (secondary N) is 4. The van der Waals surface area contributed by atoms with E-state index in [0.29, 0.717) is 13.1 Å². The Morgan fingerprint density at radius 3 is 1.63 bits per heavy atom. The van der Waals surface area contributed by atoms with E-state index in [1.807, 2.05) is 5.32 Å². The van der Waals surface area contributed by atoms with Crippen molar-refractivity contribution in [2.75, 3.05) is 32.7 Å². The van der Waals surface area contributed by atoms with E-state index >= 15 is 0 Å². The van der Waals surface area contributed by atoms with E-state index in [1.165, 1.54) is 0 Å². The second kappa shape index (κ2) is 9.65. The van der Waals surface area contributed by atoms with Gasteiger partial charge in [0.05, 0.1) is 19.6 Å². The van der Waals surface area contributed by atoms with E-state index < -0.39 is 30.4 Å². The average molecular weight is 275 g/mol. The average Bonchev–Trinajstić information content (AvgIpc) is 2.37. The van der Waals surface area contributed by atoms with Crippen LogP contribution in [-0.4, -0.2) is 61.6 Å².